The number of aromatic nitrogens is 2. The summed E-state index contributed by atoms with van der Waals surface area (Å²) in [6, 6.07) is 13.5. The second-order valence-corrected chi connectivity index (χ2v) is 6.00. The molecule has 0 radical (unpaired) electrons. The first-order valence-electron chi connectivity index (χ1n) is 7.85. The number of benzene rings is 2. The van der Waals surface area contributed by atoms with E-state index in [9.17, 15) is 0 Å². The Balaban J connectivity index is 1.79. The summed E-state index contributed by atoms with van der Waals surface area (Å²) in [5.74, 6) is 2.31. The van der Waals surface area contributed by atoms with Gasteiger partial charge in [-0.3, -0.25) is 0 Å². The molecule has 0 bridgehead atoms. The number of hydrogen-bond acceptors (Lipinski definition) is 4. The minimum atomic E-state index is 0.590. The number of imidazole rings is 1. The summed E-state index contributed by atoms with van der Waals surface area (Å²) in [5.41, 5.74) is 3.04. The first kappa shape index (κ1) is 17.2. The summed E-state index contributed by atoms with van der Waals surface area (Å²) in [6.45, 7) is 0.590. The monoisotopic (exact) mass is 357 g/mol. The second-order valence-electron chi connectivity index (χ2n) is 5.57. The topological polar surface area (TPSA) is 48.3 Å². The summed E-state index contributed by atoms with van der Waals surface area (Å²) in [7, 11) is 5.26. The van der Waals surface area contributed by atoms with Crippen molar-refractivity contribution in [3.63, 3.8) is 0 Å². The highest BCUT2D eigenvalue weighted by molar-refractivity contribution is 6.30. The number of hydrogen-bond donors (Lipinski definition) is 1. The fourth-order valence-electron chi connectivity index (χ4n) is 2.66. The number of ether oxygens (including phenoxy) is 2. The third kappa shape index (κ3) is 3.72. The van der Waals surface area contributed by atoms with E-state index in [1.54, 1.807) is 14.2 Å². The Kier molecular flexibility index (Phi) is 5.14. The summed E-state index contributed by atoms with van der Waals surface area (Å²) in [4.78, 5) is 4.47. The molecular weight excluding hydrogens is 338 g/mol. The van der Waals surface area contributed by atoms with E-state index in [0.717, 1.165) is 34.3 Å². The SMILES string of the molecule is COc1ccc(CNc2ncc(-c3cccc(Cl)c3)n2C)c(OC)c1. The number of rotatable bonds is 6. The Morgan fingerprint density at radius 3 is 2.68 bits per heavy atom. The van der Waals surface area contributed by atoms with Gasteiger partial charge in [0.15, 0.2) is 0 Å². The van der Waals surface area contributed by atoms with Crippen molar-refractivity contribution in [1.82, 2.24) is 9.55 Å². The summed E-state index contributed by atoms with van der Waals surface area (Å²) in [6.07, 6.45) is 1.83. The van der Waals surface area contributed by atoms with Gasteiger partial charge in [0.2, 0.25) is 5.95 Å². The Hall–Kier alpha value is -2.66. The minimum absolute atomic E-state index is 0.590. The Bertz CT molecular complexity index is 877. The first-order valence-corrected chi connectivity index (χ1v) is 8.22. The van der Waals surface area contributed by atoms with E-state index in [0.29, 0.717) is 11.6 Å². The maximum Gasteiger partial charge on any atom is 0.203 e. The van der Waals surface area contributed by atoms with Crippen molar-refractivity contribution in [1.29, 1.82) is 0 Å². The van der Waals surface area contributed by atoms with Gasteiger partial charge in [-0.2, -0.15) is 0 Å². The van der Waals surface area contributed by atoms with E-state index < -0.39 is 0 Å². The van der Waals surface area contributed by atoms with Crippen LogP contribution in [0.5, 0.6) is 11.5 Å². The predicted molar refractivity (Wildman–Crippen MR) is 101 cm³/mol. The van der Waals surface area contributed by atoms with Crippen LogP contribution >= 0.6 is 11.6 Å². The molecule has 0 aliphatic rings. The molecule has 1 N–H and O–H groups in total. The van der Waals surface area contributed by atoms with E-state index in [2.05, 4.69) is 10.3 Å². The maximum atomic E-state index is 6.08. The van der Waals surface area contributed by atoms with Crippen molar-refractivity contribution in [3.8, 4) is 22.8 Å². The van der Waals surface area contributed by atoms with Crippen LogP contribution < -0.4 is 14.8 Å². The van der Waals surface area contributed by atoms with E-state index in [4.69, 9.17) is 21.1 Å². The Labute approximate surface area is 152 Å². The zero-order valence-electron chi connectivity index (χ0n) is 14.4. The number of methoxy groups -OCH3 is 2. The molecule has 1 heterocycles. The average Bonchev–Trinajstić information content (AvgIpc) is 3.00. The highest BCUT2D eigenvalue weighted by Crippen LogP contribution is 2.27. The van der Waals surface area contributed by atoms with Crippen LogP contribution in [-0.2, 0) is 13.6 Å². The van der Waals surface area contributed by atoms with E-state index in [1.165, 1.54) is 0 Å². The third-order valence-corrected chi connectivity index (χ3v) is 4.27. The van der Waals surface area contributed by atoms with Gasteiger partial charge in [-0.1, -0.05) is 23.7 Å². The standard InChI is InChI=1S/C19H20ClN3O2/c1-23-17(13-5-4-6-15(20)9-13)12-22-19(23)21-11-14-7-8-16(24-2)10-18(14)25-3/h4-10,12H,11H2,1-3H3,(H,21,22). The fourth-order valence-corrected chi connectivity index (χ4v) is 2.85. The Morgan fingerprint density at radius 1 is 1.12 bits per heavy atom. The van der Waals surface area contributed by atoms with Crippen LogP contribution in [0, 0.1) is 0 Å². The second kappa shape index (κ2) is 7.49. The lowest BCUT2D eigenvalue weighted by molar-refractivity contribution is 0.391. The summed E-state index contributed by atoms with van der Waals surface area (Å²) in [5, 5.41) is 4.05. The van der Waals surface area contributed by atoms with Crippen LogP contribution in [0.4, 0.5) is 5.95 Å². The summed E-state index contributed by atoms with van der Waals surface area (Å²) < 4.78 is 12.7. The normalized spacial score (nSPS) is 10.6. The average molecular weight is 358 g/mol. The lowest BCUT2D eigenvalue weighted by Crippen LogP contribution is -2.07. The molecule has 0 saturated heterocycles. The van der Waals surface area contributed by atoms with Gasteiger partial charge < -0.3 is 19.4 Å². The smallest absolute Gasteiger partial charge is 0.203 e. The van der Waals surface area contributed by atoms with Crippen LogP contribution in [0.2, 0.25) is 5.02 Å². The van der Waals surface area contributed by atoms with Crippen molar-refractivity contribution >= 4 is 17.5 Å². The highest BCUT2D eigenvalue weighted by Gasteiger charge is 2.10. The van der Waals surface area contributed by atoms with Gasteiger partial charge in [-0.15, -0.1) is 0 Å². The van der Waals surface area contributed by atoms with Gasteiger partial charge in [-0.05, 0) is 24.3 Å². The summed E-state index contributed by atoms with van der Waals surface area (Å²) >= 11 is 6.08. The molecule has 0 amide bonds. The Morgan fingerprint density at radius 2 is 1.96 bits per heavy atom. The van der Waals surface area contributed by atoms with Gasteiger partial charge in [0, 0.05) is 35.8 Å². The lowest BCUT2D eigenvalue weighted by atomic mass is 10.2. The molecule has 6 heteroatoms. The molecule has 0 fully saturated rings. The molecule has 0 unspecified atom stereocenters. The van der Waals surface area contributed by atoms with Gasteiger partial charge in [-0.25, -0.2) is 4.98 Å². The minimum Gasteiger partial charge on any atom is -0.497 e. The highest BCUT2D eigenvalue weighted by atomic mass is 35.5. The molecule has 0 atom stereocenters. The number of nitrogens with zero attached hydrogens (tertiary/aromatic N) is 2. The zero-order chi connectivity index (χ0) is 17.8. The molecule has 0 saturated carbocycles. The molecule has 0 spiro atoms. The van der Waals surface area contributed by atoms with Crippen LogP contribution in [-0.4, -0.2) is 23.8 Å². The van der Waals surface area contributed by atoms with Crippen LogP contribution in [0.15, 0.2) is 48.7 Å². The molecule has 25 heavy (non-hydrogen) atoms. The van der Waals surface area contributed by atoms with E-state index in [1.807, 2.05) is 60.3 Å². The number of nitrogens with one attached hydrogen (secondary N) is 1. The van der Waals surface area contributed by atoms with Gasteiger partial charge in [0.1, 0.15) is 11.5 Å². The molecule has 2 aromatic carbocycles. The molecule has 3 aromatic rings. The molecule has 0 aliphatic carbocycles. The molecular formula is C19H20ClN3O2. The number of anilines is 1. The molecule has 1 aromatic heterocycles. The molecule has 5 nitrogen and oxygen atoms in total. The molecule has 0 aliphatic heterocycles. The van der Waals surface area contributed by atoms with Gasteiger partial charge >= 0.3 is 0 Å². The van der Waals surface area contributed by atoms with Crippen molar-refractivity contribution in [3.05, 3.63) is 59.2 Å². The molecule has 3 rings (SSSR count). The van der Waals surface area contributed by atoms with Gasteiger partial charge in [0.05, 0.1) is 26.1 Å². The van der Waals surface area contributed by atoms with Gasteiger partial charge in [0.25, 0.3) is 0 Å². The first-order chi connectivity index (χ1) is 12.1. The van der Waals surface area contributed by atoms with Crippen LogP contribution in [0.25, 0.3) is 11.3 Å². The van der Waals surface area contributed by atoms with Crippen LogP contribution in [0.1, 0.15) is 5.56 Å². The quantitative estimate of drug-likeness (QED) is 0.711. The van der Waals surface area contributed by atoms with E-state index >= 15 is 0 Å². The predicted octanol–water partition coefficient (Wildman–Crippen LogP) is 4.37. The van der Waals surface area contributed by atoms with Crippen molar-refractivity contribution < 1.29 is 9.47 Å². The number of halogens is 1. The third-order valence-electron chi connectivity index (χ3n) is 4.04. The van der Waals surface area contributed by atoms with Crippen LogP contribution in [0.3, 0.4) is 0 Å². The molecule has 130 valence electrons. The lowest BCUT2D eigenvalue weighted by Gasteiger charge is -2.12. The fraction of sp³-hybridized carbons (Fsp3) is 0.211. The van der Waals surface area contributed by atoms with Crippen molar-refractivity contribution in [2.75, 3.05) is 19.5 Å². The van der Waals surface area contributed by atoms with Crippen molar-refractivity contribution in [2.45, 2.75) is 6.54 Å². The largest absolute Gasteiger partial charge is 0.497 e. The van der Waals surface area contributed by atoms with E-state index in [-0.39, 0.29) is 0 Å². The maximum absolute atomic E-state index is 6.08. The van der Waals surface area contributed by atoms with Crippen molar-refractivity contribution in [2.24, 2.45) is 7.05 Å². The zero-order valence-corrected chi connectivity index (χ0v) is 15.2.